The molecule has 0 saturated heterocycles. The third-order valence-electron chi connectivity index (χ3n) is 6.87. The molecule has 0 aromatic carbocycles. The molecule has 0 aromatic heterocycles. The van der Waals surface area contributed by atoms with E-state index in [1.54, 1.807) is 5.57 Å². The van der Waals surface area contributed by atoms with E-state index in [0.29, 0.717) is 11.5 Å². The minimum atomic E-state index is -1.61. The number of fused-ring (bicyclic) bond motifs is 1. The van der Waals surface area contributed by atoms with Gasteiger partial charge in [0.05, 0.1) is 6.10 Å². The SMILES string of the molecule is C=C1C(=CC=C2CCC[C@]3(C)C(CC)=CCC23)CC(O)(OCC(N)=O)C[C@@H]1O. The lowest BCUT2D eigenvalue weighted by molar-refractivity contribution is -0.219. The van der Waals surface area contributed by atoms with E-state index in [1.165, 1.54) is 18.4 Å². The average molecular weight is 388 g/mol. The molecule has 0 aromatic rings. The maximum Gasteiger partial charge on any atom is 0.243 e. The molecule has 4 atom stereocenters. The lowest BCUT2D eigenvalue weighted by Crippen LogP contribution is -2.43. The number of allylic oxidation sites excluding steroid dienone is 5. The molecule has 0 bridgehead atoms. The van der Waals surface area contributed by atoms with E-state index in [-0.39, 0.29) is 24.9 Å². The van der Waals surface area contributed by atoms with Gasteiger partial charge in [-0.1, -0.05) is 49.8 Å². The standard InChI is InChI=1S/C23H33NO4/c1-4-18-9-10-19-16(6-5-11-22(18,19)3)7-8-17-12-23(27,28-14-21(24)26)13-20(25)15(17)2/h7-9,19-20,25,27H,2,4-6,10-14H2,1,3H3,(H2,24,26)/t19?,20-,22+,23?/m0/s1. The molecule has 5 heteroatoms. The molecule has 2 unspecified atom stereocenters. The van der Waals surface area contributed by atoms with Crippen LogP contribution >= 0.6 is 0 Å². The van der Waals surface area contributed by atoms with E-state index in [1.807, 2.05) is 6.08 Å². The summed E-state index contributed by atoms with van der Waals surface area (Å²) in [6.45, 7) is 8.24. The van der Waals surface area contributed by atoms with Gasteiger partial charge in [-0.15, -0.1) is 0 Å². The van der Waals surface area contributed by atoms with Gasteiger partial charge in [0.2, 0.25) is 5.91 Å². The Morgan fingerprint density at radius 1 is 1.46 bits per heavy atom. The Bertz CT molecular complexity index is 750. The number of carbonyl (C=O) groups is 1. The highest BCUT2D eigenvalue weighted by Gasteiger charge is 2.44. The van der Waals surface area contributed by atoms with Crippen LogP contribution < -0.4 is 5.73 Å². The van der Waals surface area contributed by atoms with Crippen LogP contribution in [0.4, 0.5) is 0 Å². The van der Waals surface area contributed by atoms with Gasteiger partial charge >= 0.3 is 0 Å². The van der Waals surface area contributed by atoms with Crippen molar-refractivity contribution in [3.05, 3.63) is 47.1 Å². The maximum atomic E-state index is 11.0. The fourth-order valence-electron chi connectivity index (χ4n) is 5.27. The van der Waals surface area contributed by atoms with Crippen molar-refractivity contribution in [2.45, 2.75) is 70.7 Å². The Labute approximate surface area is 167 Å². The number of hydrogen-bond donors (Lipinski definition) is 3. The number of hydrogen-bond acceptors (Lipinski definition) is 4. The summed E-state index contributed by atoms with van der Waals surface area (Å²) < 4.78 is 5.30. The fourth-order valence-corrected chi connectivity index (χ4v) is 5.27. The van der Waals surface area contributed by atoms with Crippen molar-refractivity contribution in [2.24, 2.45) is 17.1 Å². The van der Waals surface area contributed by atoms with E-state index >= 15 is 0 Å². The summed E-state index contributed by atoms with van der Waals surface area (Å²) in [6.07, 6.45) is 11.5. The third-order valence-corrected chi connectivity index (χ3v) is 6.87. The molecule has 154 valence electrons. The highest BCUT2D eigenvalue weighted by Crippen LogP contribution is 2.55. The van der Waals surface area contributed by atoms with Crippen molar-refractivity contribution in [1.82, 2.24) is 0 Å². The third kappa shape index (κ3) is 4.02. The number of carbonyl (C=O) groups excluding carboxylic acids is 1. The summed E-state index contributed by atoms with van der Waals surface area (Å²) in [5, 5.41) is 21.0. The summed E-state index contributed by atoms with van der Waals surface area (Å²) in [6, 6.07) is 0. The second kappa shape index (κ2) is 7.97. The zero-order valence-electron chi connectivity index (χ0n) is 17.0. The minimum Gasteiger partial charge on any atom is -0.388 e. The summed E-state index contributed by atoms with van der Waals surface area (Å²) in [5.74, 6) is -1.73. The Balaban J connectivity index is 1.81. The number of amides is 1. The van der Waals surface area contributed by atoms with Crippen LogP contribution in [0.25, 0.3) is 0 Å². The molecule has 28 heavy (non-hydrogen) atoms. The Morgan fingerprint density at radius 3 is 2.89 bits per heavy atom. The van der Waals surface area contributed by atoms with Gasteiger partial charge in [-0.05, 0) is 54.6 Å². The first-order valence-electron chi connectivity index (χ1n) is 10.3. The highest BCUT2D eigenvalue weighted by atomic mass is 16.6. The lowest BCUT2D eigenvalue weighted by Gasteiger charge is -2.41. The summed E-state index contributed by atoms with van der Waals surface area (Å²) in [5.41, 5.74) is 9.73. The van der Waals surface area contributed by atoms with Gasteiger partial charge in [-0.3, -0.25) is 4.79 Å². The normalized spacial score (nSPS) is 38.6. The number of rotatable bonds is 5. The lowest BCUT2D eigenvalue weighted by atomic mass is 9.64. The molecule has 2 saturated carbocycles. The number of primary amides is 1. The molecule has 0 spiro atoms. The van der Waals surface area contributed by atoms with Crippen molar-refractivity contribution in [2.75, 3.05) is 6.61 Å². The first-order chi connectivity index (χ1) is 13.2. The molecule has 4 N–H and O–H groups in total. The number of ether oxygens (including phenoxy) is 1. The van der Waals surface area contributed by atoms with Crippen LogP contribution in [0.5, 0.6) is 0 Å². The molecular formula is C23H33NO4. The monoisotopic (exact) mass is 387 g/mol. The molecule has 0 aliphatic heterocycles. The van der Waals surface area contributed by atoms with Crippen LogP contribution in [0.3, 0.4) is 0 Å². The number of aliphatic hydroxyl groups is 2. The maximum absolute atomic E-state index is 11.0. The van der Waals surface area contributed by atoms with Gasteiger partial charge in [-0.2, -0.15) is 0 Å². The van der Waals surface area contributed by atoms with Crippen molar-refractivity contribution in [3.63, 3.8) is 0 Å². The van der Waals surface area contributed by atoms with Gasteiger partial charge in [0.25, 0.3) is 0 Å². The Kier molecular flexibility index (Phi) is 5.99. The van der Waals surface area contributed by atoms with Crippen molar-refractivity contribution in [1.29, 1.82) is 0 Å². The first-order valence-corrected chi connectivity index (χ1v) is 10.3. The molecule has 1 amide bonds. The van der Waals surface area contributed by atoms with E-state index in [0.717, 1.165) is 24.8 Å². The number of aliphatic hydroxyl groups excluding tert-OH is 1. The molecule has 3 aliphatic rings. The largest absolute Gasteiger partial charge is 0.388 e. The first kappa shape index (κ1) is 21.0. The number of nitrogens with two attached hydrogens (primary N) is 1. The van der Waals surface area contributed by atoms with Gasteiger partial charge in [0.1, 0.15) is 6.61 Å². The second-order valence-electron chi connectivity index (χ2n) is 8.70. The zero-order valence-corrected chi connectivity index (χ0v) is 17.0. The van der Waals surface area contributed by atoms with Crippen molar-refractivity contribution < 1.29 is 19.7 Å². The highest BCUT2D eigenvalue weighted by molar-refractivity contribution is 5.75. The van der Waals surface area contributed by atoms with Crippen LogP contribution in [-0.2, 0) is 9.53 Å². The minimum absolute atomic E-state index is 0.0164. The van der Waals surface area contributed by atoms with Gasteiger partial charge in [0, 0.05) is 12.8 Å². The molecule has 3 rings (SSSR count). The zero-order chi connectivity index (χ0) is 20.5. The summed E-state index contributed by atoms with van der Waals surface area (Å²) >= 11 is 0. The van der Waals surface area contributed by atoms with E-state index in [4.69, 9.17) is 10.5 Å². The van der Waals surface area contributed by atoms with E-state index in [9.17, 15) is 15.0 Å². The van der Waals surface area contributed by atoms with Crippen LogP contribution in [0.15, 0.2) is 47.1 Å². The van der Waals surface area contributed by atoms with Crippen LogP contribution in [0.1, 0.15) is 58.8 Å². The average Bonchev–Trinajstić information content (AvgIpc) is 2.98. The molecule has 0 radical (unpaired) electrons. The summed E-state index contributed by atoms with van der Waals surface area (Å²) in [4.78, 5) is 11.0. The predicted molar refractivity (Wildman–Crippen MR) is 109 cm³/mol. The van der Waals surface area contributed by atoms with E-state index < -0.39 is 17.8 Å². The van der Waals surface area contributed by atoms with Gasteiger partial charge < -0.3 is 20.7 Å². The Hall–Kier alpha value is -1.69. The van der Waals surface area contributed by atoms with Crippen LogP contribution in [0, 0.1) is 11.3 Å². The Morgan fingerprint density at radius 2 is 2.21 bits per heavy atom. The second-order valence-corrected chi connectivity index (χ2v) is 8.70. The molecule has 3 aliphatic carbocycles. The van der Waals surface area contributed by atoms with Crippen LogP contribution in [-0.4, -0.2) is 34.6 Å². The molecule has 5 nitrogen and oxygen atoms in total. The van der Waals surface area contributed by atoms with Gasteiger partial charge in [-0.25, -0.2) is 0 Å². The predicted octanol–water partition coefficient (Wildman–Crippen LogP) is 3.29. The van der Waals surface area contributed by atoms with E-state index in [2.05, 4.69) is 32.6 Å². The fraction of sp³-hybridized carbons (Fsp3) is 0.609. The van der Waals surface area contributed by atoms with Crippen molar-refractivity contribution >= 4 is 5.91 Å². The molecule has 0 heterocycles. The van der Waals surface area contributed by atoms with Crippen molar-refractivity contribution in [3.8, 4) is 0 Å². The van der Waals surface area contributed by atoms with Gasteiger partial charge in [0.15, 0.2) is 5.79 Å². The smallest absolute Gasteiger partial charge is 0.243 e. The van der Waals surface area contributed by atoms with Crippen LogP contribution in [0.2, 0.25) is 0 Å². The molecular weight excluding hydrogens is 354 g/mol. The summed E-state index contributed by atoms with van der Waals surface area (Å²) in [7, 11) is 0. The quantitative estimate of drug-likeness (QED) is 0.498. The molecule has 2 fully saturated rings. The topological polar surface area (TPSA) is 92.8 Å².